The van der Waals surface area contributed by atoms with Gasteiger partial charge in [-0.15, -0.1) is 0 Å². The molecule has 0 aliphatic carbocycles. The van der Waals surface area contributed by atoms with Crippen molar-refractivity contribution in [1.82, 2.24) is 29.3 Å². The average molecular weight is 709 g/mol. The Hall–Kier alpha value is -5.13. The highest BCUT2D eigenvalue weighted by atomic mass is 35.5. The van der Waals surface area contributed by atoms with Crippen LogP contribution < -0.4 is 10.2 Å². The molecule has 7 rings (SSSR count). The van der Waals surface area contributed by atoms with Crippen molar-refractivity contribution in [2.75, 3.05) is 39.8 Å². The Morgan fingerprint density at radius 3 is 2.53 bits per heavy atom. The number of aliphatic hydroxyl groups is 1. The van der Waals surface area contributed by atoms with E-state index in [1.165, 1.54) is 0 Å². The van der Waals surface area contributed by atoms with Crippen molar-refractivity contribution in [2.45, 2.75) is 39.0 Å². The molecule has 2 aromatic carbocycles. The minimum Gasteiger partial charge on any atom is -0.481 e. The summed E-state index contributed by atoms with van der Waals surface area (Å²) in [5.74, 6) is -0.498. The van der Waals surface area contributed by atoms with Crippen molar-refractivity contribution in [2.24, 2.45) is 5.92 Å². The SMILES string of the molecule is COc1nc(-c2cccc(-c3cccc(-c4nc5c(=N)n(CCN6CC[C@@H](C(=O)O)C6)cc(C#N)c5o4)c3C)c2Cl)cnc1CN1CC[C@@H](O)C1. The third-order valence-corrected chi connectivity index (χ3v) is 10.2. The lowest BCUT2D eigenvalue weighted by Crippen LogP contribution is -2.30. The highest BCUT2D eigenvalue weighted by molar-refractivity contribution is 6.36. The Kier molecular flexibility index (Phi) is 9.58. The Bertz CT molecular complexity index is 2240. The molecule has 262 valence electrons. The van der Waals surface area contributed by atoms with Crippen molar-refractivity contribution in [3.63, 3.8) is 0 Å². The normalized spacial score (nSPS) is 18.0. The van der Waals surface area contributed by atoms with Gasteiger partial charge in [0.2, 0.25) is 11.8 Å². The van der Waals surface area contributed by atoms with Gasteiger partial charge in [-0.05, 0) is 43.5 Å². The van der Waals surface area contributed by atoms with Gasteiger partial charge in [-0.2, -0.15) is 5.26 Å². The van der Waals surface area contributed by atoms with Crippen LogP contribution in [0.1, 0.15) is 29.7 Å². The maximum atomic E-state index is 11.4. The lowest BCUT2D eigenvalue weighted by atomic mass is 9.94. The predicted molar refractivity (Wildman–Crippen MR) is 189 cm³/mol. The number of aliphatic carboxylic acids is 1. The standard InChI is InChI=1S/C37H37ClN8O5/c1-21-25(27-7-4-8-28(31(27)38)29-16-41-30(36(42-29)50-2)20-45-12-10-24(47)19-45)5-3-6-26(21)35-43-32-33(51-35)23(15-39)18-46(34(32)40)14-13-44-11-9-22(17-44)37(48)49/h3-8,16,18,22,24,40,47H,9-14,17,19-20H2,1-2H3,(H,48,49)/t22-,24-/m1/s1. The van der Waals surface area contributed by atoms with Crippen LogP contribution >= 0.6 is 11.6 Å². The van der Waals surface area contributed by atoms with Gasteiger partial charge in [0.15, 0.2) is 16.6 Å². The Morgan fingerprint density at radius 2 is 1.82 bits per heavy atom. The lowest BCUT2D eigenvalue weighted by molar-refractivity contribution is -0.141. The monoisotopic (exact) mass is 708 g/mol. The summed E-state index contributed by atoms with van der Waals surface area (Å²) in [6.07, 6.45) is 4.28. The molecule has 0 unspecified atom stereocenters. The van der Waals surface area contributed by atoms with Crippen LogP contribution in [0.15, 0.2) is 53.2 Å². The highest BCUT2D eigenvalue weighted by Crippen LogP contribution is 2.40. The second kappa shape index (κ2) is 14.2. The van der Waals surface area contributed by atoms with E-state index in [1.807, 2.05) is 43.3 Å². The number of benzene rings is 2. The van der Waals surface area contributed by atoms with Gasteiger partial charge in [0.05, 0.1) is 36.0 Å². The first-order chi connectivity index (χ1) is 24.6. The van der Waals surface area contributed by atoms with E-state index in [4.69, 9.17) is 36.1 Å². The molecule has 5 aromatic rings. The minimum absolute atomic E-state index is 0.109. The molecule has 0 saturated carbocycles. The molecule has 2 saturated heterocycles. The summed E-state index contributed by atoms with van der Waals surface area (Å²) in [5.41, 5.74) is 5.95. The second-order valence-corrected chi connectivity index (χ2v) is 13.4. The number of carboxylic acids is 1. The van der Waals surface area contributed by atoms with Crippen LogP contribution in [0.5, 0.6) is 5.88 Å². The van der Waals surface area contributed by atoms with E-state index in [1.54, 1.807) is 24.1 Å². The minimum atomic E-state index is -0.791. The van der Waals surface area contributed by atoms with E-state index >= 15 is 0 Å². The number of rotatable bonds is 10. The molecule has 2 aliphatic heterocycles. The topological polar surface area (TPSA) is 178 Å². The zero-order valence-electron chi connectivity index (χ0n) is 28.3. The number of β-amino-alcohol motifs (C(OH)–C–C–N with tert-alkyl or cyclic N) is 1. The summed E-state index contributed by atoms with van der Waals surface area (Å²) in [5, 5.41) is 38.7. The maximum Gasteiger partial charge on any atom is 0.307 e. The number of carbonyl (C=O) groups is 1. The summed E-state index contributed by atoms with van der Waals surface area (Å²) < 4.78 is 13.5. The number of aliphatic hydroxyl groups excluding tert-OH is 1. The highest BCUT2D eigenvalue weighted by Gasteiger charge is 2.28. The number of aromatic nitrogens is 4. The van der Waals surface area contributed by atoms with Crippen LogP contribution in [0.4, 0.5) is 0 Å². The molecule has 0 spiro atoms. The van der Waals surface area contributed by atoms with Crippen molar-refractivity contribution < 1.29 is 24.2 Å². The average Bonchev–Trinajstić information content (AvgIpc) is 3.89. The number of nitriles is 1. The summed E-state index contributed by atoms with van der Waals surface area (Å²) in [6.45, 7) is 5.93. The number of hydrogen-bond acceptors (Lipinski definition) is 11. The fourth-order valence-electron chi connectivity index (χ4n) is 7.00. The number of fused-ring (bicyclic) bond motifs is 1. The van der Waals surface area contributed by atoms with Gasteiger partial charge in [0.25, 0.3) is 0 Å². The molecule has 0 bridgehead atoms. The zero-order valence-corrected chi connectivity index (χ0v) is 29.0. The quantitative estimate of drug-likeness (QED) is 0.183. The van der Waals surface area contributed by atoms with E-state index < -0.39 is 5.97 Å². The first kappa shape index (κ1) is 34.3. The second-order valence-electron chi connectivity index (χ2n) is 13.1. The Balaban J connectivity index is 1.19. The summed E-state index contributed by atoms with van der Waals surface area (Å²) in [6, 6.07) is 13.6. The van der Waals surface area contributed by atoms with Crippen molar-refractivity contribution in [3.05, 3.63) is 76.1 Å². The van der Waals surface area contributed by atoms with Crippen LogP contribution in [0.2, 0.25) is 5.02 Å². The molecule has 5 heterocycles. The first-order valence-electron chi connectivity index (χ1n) is 16.8. The molecule has 51 heavy (non-hydrogen) atoms. The molecular formula is C37H37ClN8O5. The molecule has 14 heteroatoms. The fourth-order valence-corrected chi connectivity index (χ4v) is 7.32. The largest absolute Gasteiger partial charge is 0.481 e. The number of oxazole rings is 1. The number of ether oxygens (including phenoxy) is 1. The molecule has 0 radical (unpaired) electrons. The van der Waals surface area contributed by atoms with E-state index in [-0.39, 0.29) is 40.1 Å². The van der Waals surface area contributed by atoms with Crippen LogP contribution in [-0.2, 0) is 17.9 Å². The number of methoxy groups -OCH3 is 1. The molecular weight excluding hydrogens is 672 g/mol. The maximum absolute atomic E-state index is 11.4. The Morgan fingerprint density at radius 1 is 1.08 bits per heavy atom. The molecule has 2 fully saturated rings. The smallest absolute Gasteiger partial charge is 0.307 e. The fraction of sp³-hybridized carbons (Fsp3) is 0.351. The van der Waals surface area contributed by atoms with E-state index in [9.17, 15) is 20.3 Å². The van der Waals surface area contributed by atoms with Gasteiger partial charge in [0, 0.05) is 62.2 Å². The third-order valence-electron chi connectivity index (χ3n) is 9.82. The van der Waals surface area contributed by atoms with Gasteiger partial charge in [0.1, 0.15) is 17.3 Å². The molecule has 13 nitrogen and oxygen atoms in total. The lowest BCUT2D eigenvalue weighted by Gasteiger charge is -2.17. The molecule has 2 atom stereocenters. The van der Waals surface area contributed by atoms with Gasteiger partial charge >= 0.3 is 5.97 Å². The molecule has 0 amide bonds. The molecule has 3 aromatic heterocycles. The van der Waals surface area contributed by atoms with Gasteiger partial charge < -0.3 is 28.8 Å². The number of carboxylic acid groups (broad SMARTS) is 1. The summed E-state index contributed by atoms with van der Waals surface area (Å²) in [4.78, 5) is 29.7. The first-order valence-corrected chi connectivity index (χ1v) is 17.2. The summed E-state index contributed by atoms with van der Waals surface area (Å²) >= 11 is 7.10. The van der Waals surface area contributed by atoms with Crippen molar-refractivity contribution >= 4 is 28.7 Å². The van der Waals surface area contributed by atoms with Gasteiger partial charge in [-0.1, -0.05) is 41.9 Å². The van der Waals surface area contributed by atoms with Crippen LogP contribution in [0, 0.1) is 29.6 Å². The van der Waals surface area contributed by atoms with E-state index in [0.29, 0.717) is 79.1 Å². The van der Waals surface area contributed by atoms with Crippen LogP contribution in [-0.4, -0.2) is 91.4 Å². The predicted octanol–water partition coefficient (Wildman–Crippen LogP) is 4.71. The van der Waals surface area contributed by atoms with Crippen LogP contribution in [0.3, 0.4) is 0 Å². The van der Waals surface area contributed by atoms with E-state index in [2.05, 4.69) is 20.9 Å². The number of nitrogens with one attached hydrogen (secondary N) is 1. The number of halogens is 1. The van der Waals surface area contributed by atoms with Gasteiger partial charge in [-0.3, -0.25) is 20.1 Å². The van der Waals surface area contributed by atoms with Crippen LogP contribution in [0.25, 0.3) is 44.9 Å². The van der Waals surface area contributed by atoms with Crippen molar-refractivity contribution in [3.8, 4) is 45.8 Å². The molecule has 3 N–H and O–H groups in total. The summed E-state index contributed by atoms with van der Waals surface area (Å²) in [7, 11) is 1.56. The van der Waals surface area contributed by atoms with Gasteiger partial charge in [-0.25, -0.2) is 9.97 Å². The number of likely N-dealkylation sites (tertiary alicyclic amines) is 2. The molecule has 2 aliphatic rings. The Labute approximate surface area is 298 Å². The van der Waals surface area contributed by atoms with Crippen molar-refractivity contribution in [1.29, 1.82) is 10.7 Å². The number of pyridine rings is 1. The zero-order chi connectivity index (χ0) is 35.8. The number of nitrogens with zero attached hydrogens (tertiary/aromatic N) is 7. The number of hydrogen-bond donors (Lipinski definition) is 3. The van der Waals surface area contributed by atoms with E-state index in [0.717, 1.165) is 29.7 Å². The third kappa shape index (κ3) is 6.71.